The maximum absolute atomic E-state index is 13.0. The van der Waals surface area contributed by atoms with Gasteiger partial charge >= 0.3 is 0 Å². The van der Waals surface area contributed by atoms with Crippen molar-refractivity contribution in [2.45, 2.75) is 57.1 Å². The van der Waals surface area contributed by atoms with Crippen LogP contribution in [0.5, 0.6) is 0 Å². The number of aryl methyl sites for hydroxylation is 4. The molecule has 0 aliphatic rings. The topological polar surface area (TPSA) is 103 Å². The molecule has 1 amide bonds. The van der Waals surface area contributed by atoms with E-state index in [4.69, 9.17) is 15.1 Å². The Balaban J connectivity index is 1.41. The van der Waals surface area contributed by atoms with E-state index in [2.05, 4.69) is 21.5 Å². The molecule has 184 valence electrons. The van der Waals surface area contributed by atoms with Crippen LogP contribution < -0.4 is 5.32 Å². The largest absolute Gasteiger partial charge is 0.351 e. The van der Waals surface area contributed by atoms with Crippen LogP contribution in [0.15, 0.2) is 60.0 Å². The summed E-state index contributed by atoms with van der Waals surface area (Å²) < 4.78 is 3.76. The zero-order valence-corrected chi connectivity index (χ0v) is 21.4. The maximum Gasteiger partial charge on any atom is 0.233 e. The highest BCUT2D eigenvalue weighted by Gasteiger charge is 2.22. The predicted molar refractivity (Wildman–Crippen MR) is 140 cm³/mol. The van der Waals surface area contributed by atoms with Crippen LogP contribution in [-0.2, 0) is 24.3 Å². The molecule has 5 aromatic rings. The number of benzene rings is 1. The zero-order valence-electron chi connectivity index (χ0n) is 20.5. The number of para-hydroxylation sites is 1. The van der Waals surface area contributed by atoms with Crippen molar-refractivity contribution in [3.8, 4) is 0 Å². The van der Waals surface area contributed by atoms with E-state index in [9.17, 15) is 4.79 Å². The fourth-order valence-corrected chi connectivity index (χ4v) is 5.11. The average molecular weight is 501 g/mol. The number of carbonyl (C=O) groups excluding carboxylic acids is 1. The molecule has 4 aromatic heterocycles. The summed E-state index contributed by atoms with van der Waals surface area (Å²) in [6, 6.07) is 13.8. The van der Waals surface area contributed by atoms with Crippen molar-refractivity contribution in [3.63, 3.8) is 0 Å². The number of aromatic nitrogens is 7. The van der Waals surface area contributed by atoms with Crippen LogP contribution in [0.3, 0.4) is 0 Å². The molecule has 0 saturated carbocycles. The minimum absolute atomic E-state index is 0.0423. The number of amides is 1. The molecular formula is C26H28N8OS. The lowest BCUT2D eigenvalue weighted by Crippen LogP contribution is -2.32. The first kappa shape index (κ1) is 23.9. The lowest BCUT2D eigenvalue weighted by atomic mass is 10.2. The third kappa shape index (κ3) is 5.08. The average Bonchev–Trinajstić information content (AvgIpc) is 3.47. The first-order valence-corrected chi connectivity index (χ1v) is 12.9. The molecule has 10 heteroatoms. The second kappa shape index (κ2) is 10.4. The molecule has 0 unspecified atom stereocenters. The van der Waals surface area contributed by atoms with Crippen LogP contribution in [0.1, 0.15) is 36.1 Å². The number of carbonyl (C=O) groups is 1. The molecule has 5 rings (SSSR count). The van der Waals surface area contributed by atoms with Crippen molar-refractivity contribution in [1.29, 1.82) is 0 Å². The summed E-state index contributed by atoms with van der Waals surface area (Å²) in [5.74, 6) is 0.677. The third-order valence-electron chi connectivity index (χ3n) is 5.94. The van der Waals surface area contributed by atoms with Gasteiger partial charge < -0.3 is 5.32 Å². The molecule has 36 heavy (non-hydrogen) atoms. The van der Waals surface area contributed by atoms with Crippen molar-refractivity contribution in [2.75, 3.05) is 0 Å². The van der Waals surface area contributed by atoms with Crippen LogP contribution in [0.4, 0.5) is 0 Å². The molecule has 0 saturated heterocycles. The van der Waals surface area contributed by atoms with Gasteiger partial charge in [0.2, 0.25) is 5.91 Å². The quantitative estimate of drug-likeness (QED) is 0.242. The van der Waals surface area contributed by atoms with Gasteiger partial charge in [-0.05, 0) is 50.1 Å². The third-order valence-corrected chi connectivity index (χ3v) is 7.25. The van der Waals surface area contributed by atoms with Gasteiger partial charge in [0.25, 0.3) is 0 Å². The first-order chi connectivity index (χ1) is 17.5. The SMILES string of the molecule is CC[C@H](Sc1nc2ccccc2c2nc(CCn3nc(C)cc3C)nn12)C(=O)NCc1cccnc1. The molecule has 1 N–H and O–H groups in total. The van der Waals surface area contributed by atoms with E-state index in [0.717, 1.165) is 39.3 Å². The number of rotatable bonds is 9. The highest BCUT2D eigenvalue weighted by atomic mass is 32.2. The molecule has 0 radical (unpaired) electrons. The molecule has 0 aliphatic carbocycles. The minimum Gasteiger partial charge on any atom is -0.351 e. The molecule has 9 nitrogen and oxygen atoms in total. The van der Waals surface area contributed by atoms with E-state index < -0.39 is 0 Å². The Morgan fingerprint density at radius 1 is 1.11 bits per heavy atom. The lowest BCUT2D eigenvalue weighted by molar-refractivity contribution is -0.120. The van der Waals surface area contributed by atoms with E-state index in [0.29, 0.717) is 31.1 Å². The summed E-state index contributed by atoms with van der Waals surface area (Å²) in [7, 11) is 0. The summed E-state index contributed by atoms with van der Waals surface area (Å²) in [5.41, 5.74) is 4.65. The zero-order chi connectivity index (χ0) is 25.1. The van der Waals surface area contributed by atoms with Crippen molar-refractivity contribution < 1.29 is 4.79 Å². The van der Waals surface area contributed by atoms with E-state index >= 15 is 0 Å². The number of hydrogen-bond donors (Lipinski definition) is 1. The van der Waals surface area contributed by atoms with E-state index in [1.54, 1.807) is 16.9 Å². The Morgan fingerprint density at radius 2 is 1.97 bits per heavy atom. The lowest BCUT2D eigenvalue weighted by Gasteiger charge is -2.15. The second-order valence-corrected chi connectivity index (χ2v) is 9.84. The van der Waals surface area contributed by atoms with Gasteiger partial charge in [-0.1, -0.05) is 36.9 Å². The van der Waals surface area contributed by atoms with Crippen LogP contribution in [0.25, 0.3) is 16.6 Å². The van der Waals surface area contributed by atoms with Gasteiger partial charge in [0.1, 0.15) is 0 Å². The molecule has 1 atom stereocenters. The monoisotopic (exact) mass is 500 g/mol. The second-order valence-electron chi connectivity index (χ2n) is 8.67. The van der Waals surface area contributed by atoms with Crippen molar-refractivity contribution in [2.24, 2.45) is 0 Å². The maximum atomic E-state index is 13.0. The van der Waals surface area contributed by atoms with Crippen LogP contribution in [0, 0.1) is 13.8 Å². The smallest absolute Gasteiger partial charge is 0.233 e. The Kier molecular flexibility index (Phi) is 6.95. The van der Waals surface area contributed by atoms with Crippen molar-refractivity contribution in [1.82, 2.24) is 39.7 Å². The number of nitrogens with zero attached hydrogens (tertiary/aromatic N) is 7. The predicted octanol–water partition coefficient (Wildman–Crippen LogP) is 3.92. The number of pyridine rings is 1. The van der Waals surface area contributed by atoms with Gasteiger partial charge in [-0.25, -0.2) is 9.97 Å². The van der Waals surface area contributed by atoms with Gasteiger partial charge in [-0.2, -0.15) is 9.61 Å². The van der Waals surface area contributed by atoms with Crippen LogP contribution in [-0.4, -0.2) is 45.5 Å². The van der Waals surface area contributed by atoms with Crippen LogP contribution in [0.2, 0.25) is 0 Å². The van der Waals surface area contributed by atoms with Gasteiger partial charge in [0.05, 0.1) is 16.5 Å². The fraction of sp³-hybridized carbons (Fsp3) is 0.308. The summed E-state index contributed by atoms with van der Waals surface area (Å²) in [4.78, 5) is 26.8. The Bertz CT molecular complexity index is 1510. The van der Waals surface area contributed by atoms with Gasteiger partial charge in [0, 0.05) is 43.0 Å². The normalized spacial score (nSPS) is 12.3. The molecule has 0 aliphatic heterocycles. The number of fused-ring (bicyclic) bond motifs is 3. The minimum atomic E-state index is -0.319. The van der Waals surface area contributed by atoms with Gasteiger partial charge in [-0.15, -0.1) is 5.10 Å². The molecule has 4 heterocycles. The molecular weight excluding hydrogens is 472 g/mol. The number of hydrogen-bond acceptors (Lipinski definition) is 7. The number of nitrogens with one attached hydrogen (secondary N) is 1. The molecule has 0 bridgehead atoms. The molecule has 0 fully saturated rings. The summed E-state index contributed by atoms with van der Waals surface area (Å²) >= 11 is 1.41. The van der Waals surface area contributed by atoms with E-state index in [1.807, 2.05) is 61.9 Å². The first-order valence-electron chi connectivity index (χ1n) is 12.0. The summed E-state index contributed by atoms with van der Waals surface area (Å²) in [5, 5.41) is 13.6. The van der Waals surface area contributed by atoms with Gasteiger partial charge in [-0.3, -0.25) is 14.5 Å². The van der Waals surface area contributed by atoms with Crippen molar-refractivity contribution >= 4 is 34.2 Å². The summed E-state index contributed by atoms with van der Waals surface area (Å²) in [6.45, 7) is 7.17. The van der Waals surface area contributed by atoms with Crippen LogP contribution >= 0.6 is 11.8 Å². The number of thioether (sulfide) groups is 1. The highest BCUT2D eigenvalue weighted by Crippen LogP contribution is 2.28. The fourth-order valence-electron chi connectivity index (χ4n) is 4.12. The Morgan fingerprint density at radius 3 is 2.72 bits per heavy atom. The van der Waals surface area contributed by atoms with Crippen molar-refractivity contribution in [3.05, 3.63) is 77.6 Å². The standard InChI is InChI=1S/C26H28N8OS/c1-4-22(25(35)28-16-19-8-7-12-27-15-19)36-26-29-21-10-6-5-9-20(21)24-30-23(32-34(24)26)11-13-33-18(3)14-17(2)31-33/h5-10,12,14-15,22H,4,11,13,16H2,1-3H3,(H,28,35)/t22-/m0/s1. The molecule has 1 aromatic carbocycles. The highest BCUT2D eigenvalue weighted by molar-refractivity contribution is 8.00. The Labute approximate surface area is 213 Å². The summed E-state index contributed by atoms with van der Waals surface area (Å²) in [6.07, 6.45) is 4.77. The van der Waals surface area contributed by atoms with E-state index in [-0.39, 0.29) is 11.2 Å². The molecule has 0 spiro atoms. The Hall–Kier alpha value is -3.79. The van der Waals surface area contributed by atoms with E-state index in [1.165, 1.54) is 11.8 Å². The van der Waals surface area contributed by atoms with Gasteiger partial charge in [0.15, 0.2) is 16.6 Å².